The SMILES string of the molecule is Cc1cc(-c2ccccc2N(c2ccccc2)c2ccccc2)cc2c1[C@@H]1CC[C@H]2C1. The van der Waals surface area contributed by atoms with Gasteiger partial charge >= 0.3 is 0 Å². The van der Waals surface area contributed by atoms with Crippen LogP contribution >= 0.6 is 0 Å². The zero-order valence-corrected chi connectivity index (χ0v) is 18.0. The van der Waals surface area contributed by atoms with E-state index in [1.54, 1.807) is 11.1 Å². The lowest BCUT2D eigenvalue weighted by Crippen LogP contribution is -2.11. The van der Waals surface area contributed by atoms with Crippen molar-refractivity contribution >= 4 is 17.1 Å². The van der Waals surface area contributed by atoms with E-state index in [0.717, 1.165) is 11.8 Å². The van der Waals surface area contributed by atoms with Crippen molar-refractivity contribution in [3.05, 3.63) is 114 Å². The minimum Gasteiger partial charge on any atom is -0.310 e. The second-order valence-electron chi connectivity index (χ2n) is 9.03. The van der Waals surface area contributed by atoms with Crippen LogP contribution in [0.1, 0.15) is 47.8 Å². The van der Waals surface area contributed by atoms with Crippen molar-refractivity contribution in [2.45, 2.75) is 38.0 Å². The lowest BCUT2D eigenvalue weighted by atomic mass is 9.85. The van der Waals surface area contributed by atoms with Crippen LogP contribution in [-0.4, -0.2) is 0 Å². The molecule has 1 saturated carbocycles. The van der Waals surface area contributed by atoms with Gasteiger partial charge in [-0.25, -0.2) is 0 Å². The maximum Gasteiger partial charge on any atom is 0.0540 e. The highest BCUT2D eigenvalue weighted by atomic mass is 15.1. The lowest BCUT2D eigenvalue weighted by Gasteiger charge is -2.28. The van der Waals surface area contributed by atoms with E-state index in [1.807, 2.05) is 0 Å². The van der Waals surface area contributed by atoms with Crippen LogP contribution in [-0.2, 0) is 0 Å². The molecular weight excluding hydrogens is 374 g/mol. The van der Waals surface area contributed by atoms with Crippen molar-refractivity contribution in [1.29, 1.82) is 0 Å². The van der Waals surface area contributed by atoms with Gasteiger partial charge in [-0.3, -0.25) is 0 Å². The summed E-state index contributed by atoms with van der Waals surface area (Å²) in [4.78, 5) is 2.38. The first-order valence-corrected chi connectivity index (χ1v) is 11.4. The normalized spacial score (nSPS) is 18.7. The second kappa shape index (κ2) is 7.42. The van der Waals surface area contributed by atoms with Crippen LogP contribution in [0.5, 0.6) is 0 Å². The number of hydrogen-bond acceptors (Lipinski definition) is 1. The zero-order chi connectivity index (χ0) is 20.8. The molecule has 0 unspecified atom stereocenters. The van der Waals surface area contributed by atoms with Crippen LogP contribution in [0.2, 0.25) is 0 Å². The van der Waals surface area contributed by atoms with Gasteiger partial charge in [0.2, 0.25) is 0 Å². The van der Waals surface area contributed by atoms with Gasteiger partial charge in [0, 0.05) is 16.9 Å². The smallest absolute Gasteiger partial charge is 0.0540 e. The standard InChI is InChI=1S/C30H27N/c1-21-18-24(20-28-22-16-17-23(19-22)30(21)28)27-14-8-9-15-29(27)31(25-10-4-2-5-11-25)26-12-6-3-7-13-26/h2-15,18,20,22-23H,16-17,19H2,1H3/t22-,23+/m0/s1. The fourth-order valence-corrected chi connectivity index (χ4v) is 5.90. The monoisotopic (exact) mass is 401 g/mol. The molecule has 31 heavy (non-hydrogen) atoms. The van der Waals surface area contributed by atoms with E-state index in [-0.39, 0.29) is 0 Å². The molecule has 2 aliphatic carbocycles. The third-order valence-corrected chi connectivity index (χ3v) is 7.18. The summed E-state index contributed by atoms with van der Waals surface area (Å²) in [6.07, 6.45) is 4.11. The summed E-state index contributed by atoms with van der Waals surface area (Å²) in [5.74, 6) is 1.57. The van der Waals surface area contributed by atoms with E-state index in [0.29, 0.717) is 0 Å². The number of hydrogen-bond donors (Lipinski definition) is 0. The molecule has 0 amide bonds. The van der Waals surface area contributed by atoms with Crippen molar-refractivity contribution in [1.82, 2.24) is 0 Å². The van der Waals surface area contributed by atoms with Crippen molar-refractivity contribution in [3.8, 4) is 11.1 Å². The van der Waals surface area contributed by atoms with Crippen LogP contribution in [0, 0.1) is 6.92 Å². The molecule has 0 spiro atoms. The van der Waals surface area contributed by atoms with Crippen molar-refractivity contribution < 1.29 is 0 Å². The van der Waals surface area contributed by atoms with E-state index < -0.39 is 0 Å². The predicted molar refractivity (Wildman–Crippen MR) is 131 cm³/mol. The fraction of sp³-hybridized carbons (Fsp3) is 0.200. The molecule has 0 heterocycles. The Morgan fingerprint density at radius 3 is 2.00 bits per heavy atom. The third-order valence-electron chi connectivity index (χ3n) is 7.18. The highest BCUT2D eigenvalue weighted by molar-refractivity contribution is 5.88. The van der Waals surface area contributed by atoms with Gasteiger partial charge in [0.25, 0.3) is 0 Å². The Morgan fingerprint density at radius 2 is 1.29 bits per heavy atom. The van der Waals surface area contributed by atoms with Crippen molar-refractivity contribution in [2.24, 2.45) is 0 Å². The Labute approximate surface area is 185 Å². The molecule has 0 radical (unpaired) electrons. The van der Waals surface area contributed by atoms with E-state index >= 15 is 0 Å². The first-order chi connectivity index (χ1) is 15.3. The minimum absolute atomic E-state index is 0.769. The number of fused-ring (bicyclic) bond motifs is 5. The summed E-state index contributed by atoms with van der Waals surface area (Å²) in [6.45, 7) is 2.32. The van der Waals surface area contributed by atoms with Gasteiger partial charge in [-0.15, -0.1) is 0 Å². The van der Waals surface area contributed by atoms with E-state index in [4.69, 9.17) is 0 Å². The largest absolute Gasteiger partial charge is 0.310 e. The molecule has 0 aromatic heterocycles. The molecule has 0 saturated heterocycles. The molecule has 0 N–H and O–H groups in total. The summed E-state index contributed by atoms with van der Waals surface area (Å²) in [5.41, 5.74) is 11.0. The molecule has 2 aliphatic rings. The van der Waals surface area contributed by atoms with Gasteiger partial charge in [-0.1, -0.05) is 66.7 Å². The molecule has 2 atom stereocenters. The van der Waals surface area contributed by atoms with Gasteiger partial charge in [0.15, 0.2) is 0 Å². The number of para-hydroxylation sites is 3. The topological polar surface area (TPSA) is 3.24 Å². The molecule has 4 aromatic carbocycles. The first-order valence-electron chi connectivity index (χ1n) is 11.4. The quantitative estimate of drug-likeness (QED) is 0.331. The number of benzene rings is 4. The third kappa shape index (κ3) is 3.08. The van der Waals surface area contributed by atoms with Gasteiger partial charge in [0.05, 0.1) is 5.69 Å². The Morgan fingerprint density at radius 1 is 0.677 bits per heavy atom. The summed E-state index contributed by atoms with van der Waals surface area (Å²) < 4.78 is 0. The van der Waals surface area contributed by atoms with E-state index in [2.05, 4.69) is 109 Å². The molecule has 1 heteroatoms. The number of aryl methyl sites for hydroxylation is 1. The lowest BCUT2D eigenvalue weighted by molar-refractivity contribution is 0.714. The molecule has 1 fully saturated rings. The maximum absolute atomic E-state index is 2.50. The van der Waals surface area contributed by atoms with E-state index in [1.165, 1.54) is 53.0 Å². The van der Waals surface area contributed by atoms with Gasteiger partial charge in [-0.2, -0.15) is 0 Å². The molecular formula is C30H27N. The molecule has 152 valence electrons. The molecule has 4 aromatic rings. The number of nitrogens with zero attached hydrogens (tertiary/aromatic N) is 1. The summed E-state index contributed by atoms with van der Waals surface area (Å²) in [6, 6.07) is 35.2. The summed E-state index contributed by atoms with van der Waals surface area (Å²) >= 11 is 0. The zero-order valence-electron chi connectivity index (χ0n) is 18.0. The van der Waals surface area contributed by atoms with E-state index in [9.17, 15) is 0 Å². The van der Waals surface area contributed by atoms with Gasteiger partial charge < -0.3 is 4.90 Å². The van der Waals surface area contributed by atoms with Crippen molar-refractivity contribution in [2.75, 3.05) is 4.90 Å². The summed E-state index contributed by atoms with van der Waals surface area (Å²) in [7, 11) is 0. The molecule has 1 nitrogen and oxygen atoms in total. The second-order valence-corrected chi connectivity index (χ2v) is 9.03. The van der Waals surface area contributed by atoms with Gasteiger partial charge in [0.1, 0.15) is 0 Å². The van der Waals surface area contributed by atoms with Crippen LogP contribution < -0.4 is 4.90 Å². The van der Waals surface area contributed by atoms with Crippen LogP contribution in [0.4, 0.5) is 17.1 Å². The number of rotatable bonds is 4. The highest BCUT2D eigenvalue weighted by Crippen LogP contribution is 2.55. The van der Waals surface area contributed by atoms with Gasteiger partial charge in [-0.05, 0) is 90.6 Å². The maximum atomic E-state index is 2.50. The average Bonchev–Trinajstić information content (AvgIpc) is 3.44. The molecule has 6 rings (SSSR count). The predicted octanol–water partition coefficient (Wildman–Crippen LogP) is 8.50. The minimum atomic E-state index is 0.769. The van der Waals surface area contributed by atoms with Crippen LogP contribution in [0.3, 0.4) is 0 Å². The van der Waals surface area contributed by atoms with Crippen LogP contribution in [0.15, 0.2) is 97.1 Å². The molecule has 2 bridgehead atoms. The highest BCUT2D eigenvalue weighted by Gasteiger charge is 2.38. The number of anilines is 3. The Hall–Kier alpha value is -3.32. The molecule has 0 aliphatic heterocycles. The Balaban J connectivity index is 1.54. The Kier molecular flexibility index (Phi) is 4.42. The fourth-order valence-electron chi connectivity index (χ4n) is 5.90. The summed E-state index contributed by atoms with van der Waals surface area (Å²) in [5, 5.41) is 0. The van der Waals surface area contributed by atoms with Crippen LogP contribution in [0.25, 0.3) is 11.1 Å². The average molecular weight is 402 g/mol. The Bertz CT molecular complexity index is 1190. The van der Waals surface area contributed by atoms with Crippen molar-refractivity contribution in [3.63, 3.8) is 0 Å². The first kappa shape index (κ1) is 18.4.